The molecule has 3 N–H and O–H groups in total. The van der Waals surface area contributed by atoms with E-state index in [-0.39, 0.29) is 15.6 Å². The number of sulfonamides is 1. The van der Waals surface area contributed by atoms with Gasteiger partial charge in [0, 0.05) is 14.6 Å². The van der Waals surface area contributed by atoms with E-state index in [1.807, 2.05) is 0 Å². The van der Waals surface area contributed by atoms with E-state index in [9.17, 15) is 12.8 Å². The van der Waals surface area contributed by atoms with Gasteiger partial charge in [-0.2, -0.15) is 0 Å². The van der Waals surface area contributed by atoms with Gasteiger partial charge in [-0.3, -0.25) is 4.72 Å². The lowest BCUT2D eigenvalue weighted by Gasteiger charge is -2.12. The van der Waals surface area contributed by atoms with Crippen LogP contribution in [0.15, 0.2) is 44.2 Å². The van der Waals surface area contributed by atoms with Gasteiger partial charge in [-0.1, -0.05) is 11.6 Å². The second-order valence-corrected chi connectivity index (χ2v) is 7.78. The summed E-state index contributed by atoms with van der Waals surface area (Å²) in [4.78, 5) is -0.0165. The van der Waals surface area contributed by atoms with Crippen LogP contribution in [0.4, 0.5) is 15.8 Å². The zero-order valence-electron chi connectivity index (χ0n) is 10.2. The number of nitrogens with one attached hydrogen (secondary N) is 1. The molecule has 0 aliphatic carbocycles. The highest BCUT2D eigenvalue weighted by atomic mass is 79.9. The molecule has 0 fully saturated rings. The summed E-state index contributed by atoms with van der Waals surface area (Å²) < 4.78 is 40.8. The van der Waals surface area contributed by atoms with Gasteiger partial charge in [0.05, 0.1) is 10.7 Å². The first kappa shape index (κ1) is 16.5. The fraction of sp³-hybridized carbons (Fsp3) is 0. The number of nitrogens with two attached hydrogens (primary N) is 1. The molecule has 112 valence electrons. The smallest absolute Gasteiger partial charge is 0.264 e. The average molecular weight is 459 g/mol. The fourth-order valence-electron chi connectivity index (χ4n) is 1.60. The number of halogens is 4. The molecule has 0 aliphatic rings. The second-order valence-electron chi connectivity index (χ2n) is 4.05. The van der Waals surface area contributed by atoms with Crippen molar-refractivity contribution in [2.24, 2.45) is 0 Å². The summed E-state index contributed by atoms with van der Waals surface area (Å²) in [5.41, 5.74) is 6.18. The molecule has 0 saturated heterocycles. The molecular weight excluding hydrogens is 450 g/mol. The Morgan fingerprint density at radius 3 is 2.24 bits per heavy atom. The van der Waals surface area contributed by atoms with Crippen molar-refractivity contribution in [1.29, 1.82) is 0 Å². The van der Waals surface area contributed by atoms with Crippen LogP contribution in [-0.2, 0) is 10.0 Å². The predicted molar refractivity (Wildman–Crippen MR) is 88.5 cm³/mol. The van der Waals surface area contributed by atoms with Gasteiger partial charge in [0.2, 0.25) is 0 Å². The van der Waals surface area contributed by atoms with E-state index < -0.39 is 15.8 Å². The van der Waals surface area contributed by atoms with E-state index in [1.54, 1.807) is 0 Å². The van der Waals surface area contributed by atoms with Crippen molar-refractivity contribution in [1.82, 2.24) is 0 Å². The van der Waals surface area contributed by atoms with Crippen molar-refractivity contribution in [3.63, 3.8) is 0 Å². The monoisotopic (exact) mass is 456 g/mol. The highest BCUT2D eigenvalue weighted by Gasteiger charge is 2.22. The number of rotatable bonds is 3. The summed E-state index contributed by atoms with van der Waals surface area (Å²) >= 11 is 11.9. The summed E-state index contributed by atoms with van der Waals surface area (Å²) in [5, 5.41) is -0.175. The molecule has 9 heteroatoms. The zero-order chi connectivity index (χ0) is 15.8. The topological polar surface area (TPSA) is 72.2 Å². The lowest BCUT2D eigenvalue weighted by Crippen LogP contribution is -2.14. The minimum absolute atomic E-state index is 0.0165. The Labute approximate surface area is 142 Å². The molecule has 0 saturated carbocycles. The van der Waals surface area contributed by atoms with Gasteiger partial charge in [0.25, 0.3) is 10.0 Å². The van der Waals surface area contributed by atoms with E-state index in [4.69, 9.17) is 17.3 Å². The van der Waals surface area contributed by atoms with Crippen LogP contribution in [0.3, 0.4) is 0 Å². The number of hydrogen-bond donors (Lipinski definition) is 2. The van der Waals surface area contributed by atoms with Crippen molar-refractivity contribution >= 4 is 64.9 Å². The SMILES string of the molecule is Nc1cc(Br)c(S(=O)(=O)Nc2ccc(F)c(Cl)c2)c(Br)c1. The third kappa shape index (κ3) is 3.68. The Hall–Kier alpha value is -0.830. The maximum absolute atomic E-state index is 13.1. The van der Waals surface area contributed by atoms with Crippen LogP contribution < -0.4 is 10.5 Å². The van der Waals surface area contributed by atoms with Gasteiger partial charge in [0.1, 0.15) is 10.7 Å². The Balaban J connectivity index is 2.46. The van der Waals surface area contributed by atoms with Crippen molar-refractivity contribution in [2.45, 2.75) is 4.90 Å². The van der Waals surface area contributed by atoms with Gasteiger partial charge in [0.15, 0.2) is 0 Å². The van der Waals surface area contributed by atoms with Crippen molar-refractivity contribution < 1.29 is 12.8 Å². The summed E-state index contributed by atoms with van der Waals surface area (Å²) in [5.74, 6) is -0.630. The maximum atomic E-state index is 13.1. The van der Waals surface area contributed by atoms with Crippen LogP contribution in [0.1, 0.15) is 0 Å². The lowest BCUT2D eigenvalue weighted by molar-refractivity contribution is 0.600. The van der Waals surface area contributed by atoms with Crippen LogP contribution >= 0.6 is 43.5 Å². The number of hydrogen-bond acceptors (Lipinski definition) is 3. The summed E-state index contributed by atoms with van der Waals surface area (Å²) in [6.45, 7) is 0. The van der Waals surface area contributed by atoms with E-state index >= 15 is 0 Å². The Bertz CT molecular complexity index is 792. The molecule has 0 aliphatic heterocycles. The maximum Gasteiger partial charge on any atom is 0.264 e. The lowest BCUT2D eigenvalue weighted by atomic mass is 10.3. The van der Waals surface area contributed by atoms with Gasteiger partial charge in [-0.15, -0.1) is 0 Å². The molecule has 0 amide bonds. The molecule has 0 unspecified atom stereocenters. The van der Waals surface area contributed by atoms with E-state index in [1.165, 1.54) is 24.3 Å². The van der Waals surface area contributed by atoms with E-state index in [0.29, 0.717) is 14.6 Å². The molecule has 2 rings (SSSR count). The molecule has 21 heavy (non-hydrogen) atoms. The van der Waals surface area contributed by atoms with Crippen molar-refractivity contribution in [3.8, 4) is 0 Å². The van der Waals surface area contributed by atoms with Crippen LogP contribution in [0.25, 0.3) is 0 Å². The third-order valence-corrected chi connectivity index (χ3v) is 6.01. The van der Waals surface area contributed by atoms with Gasteiger partial charge in [-0.05, 0) is 62.2 Å². The Kier molecular flexibility index (Phi) is 4.82. The van der Waals surface area contributed by atoms with Crippen molar-refractivity contribution in [2.75, 3.05) is 10.5 Å². The molecule has 4 nitrogen and oxygen atoms in total. The van der Waals surface area contributed by atoms with E-state index in [2.05, 4.69) is 36.6 Å². The number of nitrogen functional groups attached to an aromatic ring is 1. The Morgan fingerprint density at radius 1 is 1.14 bits per heavy atom. The molecule has 0 atom stereocenters. The predicted octanol–water partition coefficient (Wildman–Crippen LogP) is 4.39. The number of benzene rings is 2. The molecule has 0 aromatic heterocycles. The largest absolute Gasteiger partial charge is 0.399 e. The summed E-state index contributed by atoms with van der Waals surface area (Å²) in [6, 6.07) is 6.48. The fourth-order valence-corrected chi connectivity index (χ4v) is 5.45. The molecular formula is C12H8Br2ClFN2O2S. The van der Waals surface area contributed by atoms with Gasteiger partial charge >= 0.3 is 0 Å². The first-order valence-electron chi connectivity index (χ1n) is 5.43. The molecule has 0 radical (unpaired) electrons. The zero-order valence-corrected chi connectivity index (χ0v) is 14.9. The second kappa shape index (κ2) is 6.12. The van der Waals surface area contributed by atoms with Crippen LogP contribution in [0.5, 0.6) is 0 Å². The molecule has 0 heterocycles. The molecule has 0 spiro atoms. The van der Waals surface area contributed by atoms with Gasteiger partial charge in [-0.25, -0.2) is 12.8 Å². The normalized spacial score (nSPS) is 11.4. The standard InChI is InChI=1S/C12H8Br2ClFN2O2S/c13-8-3-6(17)4-9(14)12(8)21(19,20)18-7-1-2-11(16)10(15)5-7/h1-5,18H,17H2. The molecule has 2 aromatic carbocycles. The first-order chi connectivity index (χ1) is 9.70. The molecule has 0 bridgehead atoms. The third-order valence-electron chi connectivity index (χ3n) is 2.46. The first-order valence-corrected chi connectivity index (χ1v) is 8.88. The van der Waals surface area contributed by atoms with Crippen LogP contribution in [0, 0.1) is 5.82 Å². The quantitative estimate of drug-likeness (QED) is 0.671. The van der Waals surface area contributed by atoms with E-state index in [0.717, 1.165) is 6.07 Å². The minimum Gasteiger partial charge on any atom is -0.399 e. The average Bonchev–Trinajstić information content (AvgIpc) is 2.31. The minimum atomic E-state index is -3.90. The summed E-state index contributed by atoms with van der Waals surface area (Å²) in [7, 11) is -3.90. The van der Waals surface area contributed by atoms with Crippen molar-refractivity contribution in [3.05, 3.63) is 50.1 Å². The summed E-state index contributed by atoms with van der Waals surface area (Å²) in [6.07, 6.45) is 0. The highest BCUT2D eigenvalue weighted by molar-refractivity contribution is 9.11. The number of anilines is 2. The van der Waals surface area contributed by atoms with Gasteiger partial charge < -0.3 is 5.73 Å². The highest BCUT2D eigenvalue weighted by Crippen LogP contribution is 2.34. The molecule has 2 aromatic rings. The van der Waals surface area contributed by atoms with Crippen LogP contribution in [0.2, 0.25) is 5.02 Å². The van der Waals surface area contributed by atoms with Crippen LogP contribution in [-0.4, -0.2) is 8.42 Å². The Morgan fingerprint density at radius 2 is 1.71 bits per heavy atom.